The molecule has 0 saturated carbocycles. The molecule has 0 spiro atoms. The van der Waals surface area contributed by atoms with Crippen molar-refractivity contribution in [3.8, 4) is 0 Å². The minimum atomic E-state index is -0.168. The van der Waals surface area contributed by atoms with Crippen molar-refractivity contribution in [2.75, 3.05) is 6.61 Å². The first kappa shape index (κ1) is 11.0. The maximum absolute atomic E-state index is 5.65. The Morgan fingerprint density at radius 3 is 2.23 bits per heavy atom. The van der Waals surface area contributed by atoms with Gasteiger partial charge in [0.05, 0.1) is 5.60 Å². The van der Waals surface area contributed by atoms with Crippen LogP contribution < -0.4 is 0 Å². The van der Waals surface area contributed by atoms with E-state index in [4.69, 9.17) is 4.74 Å². The molecule has 0 fully saturated rings. The molecule has 1 aromatic rings. The summed E-state index contributed by atoms with van der Waals surface area (Å²) in [6, 6.07) is 8.46. The molecule has 0 aromatic heterocycles. The maximum Gasteiger partial charge on any atom is 0.0875 e. The normalized spacial score (nSPS) is 11.7. The Morgan fingerprint density at radius 2 is 1.77 bits per heavy atom. The third kappa shape index (κ3) is 2.95. The minimum Gasteiger partial charge on any atom is -0.371 e. The second-order valence-corrected chi connectivity index (χ2v) is 4.70. The minimum absolute atomic E-state index is 0.168. The molecule has 0 aliphatic rings. The van der Waals surface area contributed by atoms with Gasteiger partial charge in [-0.05, 0) is 61.1 Å². The first-order valence-electron chi connectivity index (χ1n) is 4.46. The van der Waals surface area contributed by atoms with Crippen LogP contribution in [0.4, 0.5) is 0 Å². The van der Waals surface area contributed by atoms with Gasteiger partial charge in [0, 0.05) is 10.2 Å². The summed E-state index contributed by atoms with van der Waals surface area (Å²) in [5.41, 5.74) is 1.06. The van der Waals surface area contributed by atoms with Crippen LogP contribution in [0.5, 0.6) is 0 Å². The summed E-state index contributed by atoms with van der Waals surface area (Å²) in [6.07, 6.45) is 0. The number of halogens is 1. The van der Waals surface area contributed by atoms with Gasteiger partial charge >= 0.3 is 0 Å². The molecule has 0 aliphatic carbocycles. The van der Waals surface area contributed by atoms with Crippen LogP contribution in [-0.2, 0) is 10.3 Å². The fourth-order valence-electron chi connectivity index (χ4n) is 1.30. The Morgan fingerprint density at radius 1 is 1.23 bits per heavy atom. The van der Waals surface area contributed by atoms with E-state index in [9.17, 15) is 0 Å². The van der Waals surface area contributed by atoms with E-state index in [1.165, 1.54) is 9.13 Å². The van der Waals surface area contributed by atoms with Gasteiger partial charge in [0.25, 0.3) is 0 Å². The molecule has 0 N–H and O–H groups in total. The van der Waals surface area contributed by atoms with Crippen molar-refractivity contribution in [2.24, 2.45) is 0 Å². The van der Waals surface area contributed by atoms with E-state index >= 15 is 0 Å². The van der Waals surface area contributed by atoms with E-state index < -0.39 is 0 Å². The first-order chi connectivity index (χ1) is 6.06. The molecule has 0 atom stereocenters. The standard InChI is InChI=1S/C11H15IO/c1-4-13-11(2,3)9-5-7-10(12)8-6-9/h5-8H,4H2,1-3H3. The average Bonchev–Trinajstić information content (AvgIpc) is 2.05. The van der Waals surface area contributed by atoms with Gasteiger partial charge < -0.3 is 4.74 Å². The number of rotatable bonds is 3. The molecule has 13 heavy (non-hydrogen) atoms. The molecule has 0 heterocycles. The van der Waals surface area contributed by atoms with Gasteiger partial charge in [-0.3, -0.25) is 0 Å². The van der Waals surface area contributed by atoms with Gasteiger partial charge in [-0.1, -0.05) is 12.1 Å². The molecule has 0 amide bonds. The molecule has 72 valence electrons. The number of benzene rings is 1. The van der Waals surface area contributed by atoms with Gasteiger partial charge in [0.1, 0.15) is 0 Å². The van der Waals surface area contributed by atoms with Gasteiger partial charge in [0.2, 0.25) is 0 Å². The van der Waals surface area contributed by atoms with Crippen LogP contribution in [-0.4, -0.2) is 6.61 Å². The SMILES string of the molecule is CCOC(C)(C)c1ccc(I)cc1. The molecule has 1 aromatic carbocycles. The molecular weight excluding hydrogens is 275 g/mol. The number of ether oxygens (including phenoxy) is 1. The quantitative estimate of drug-likeness (QED) is 0.773. The summed E-state index contributed by atoms with van der Waals surface area (Å²) < 4.78 is 6.91. The third-order valence-corrected chi connectivity index (χ3v) is 2.76. The zero-order valence-corrected chi connectivity index (χ0v) is 10.5. The lowest BCUT2D eigenvalue weighted by molar-refractivity contribution is -0.0140. The van der Waals surface area contributed by atoms with Crippen molar-refractivity contribution in [2.45, 2.75) is 26.4 Å². The fourth-order valence-corrected chi connectivity index (χ4v) is 1.66. The molecular formula is C11H15IO. The van der Waals surface area contributed by atoms with Crippen molar-refractivity contribution in [1.82, 2.24) is 0 Å². The predicted octanol–water partition coefficient (Wildman–Crippen LogP) is 3.56. The molecule has 0 radical (unpaired) electrons. The Hall–Kier alpha value is -0.0900. The van der Waals surface area contributed by atoms with Gasteiger partial charge in [-0.25, -0.2) is 0 Å². The smallest absolute Gasteiger partial charge is 0.0875 e. The predicted molar refractivity (Wildman–Crippen MR) is 63.8 cm³/mol. The van der Waals surface area contributed by atoms with Crippen molar-refractivity contribution >= 4 is 22.6 Å². The lowest BCUT2D eigenvalue weighted by atomic mass is 9.98. The summed E-state index contributed by atoms with van der Waals surface area (Å²) in [7, 11) is 0. The van der Waals surface area contributed by atoms with Crippen LogP contribution in [0.1, 0.15) is 26.3 Å². The zero-order chi connectivity index (χ0) is 9.90. The highest BCUT2D eigenvalue weighted by atomic mass is 127. The summed E-state index contributed by atoms with van der Waals surface area (Å²) >= 11 is 2.31. The molecule has 0 unspecified atom stereocenters. The zero-order valence-electron chi connectivity index (χ0n) is 8.30. The Bertz CT molecular complexity index is 264. The highest BCUT2D eigenvalue weighted by Gasteiger charge is 2.19. The topological polar surface area (TPSA) is 9.23 Å². The van der Waals surface area contributed by atoms with Crippen LogP contribution in [0, 0.1) is 3.57 Å². The van der Waals surface area contributed by atoms with E-state index in [0.29, 0.717) is 0 Å². The lowest BCUT2D eigenvalue weighted by Crippen LogP contribution is -2.21. The van der Waals surface area contributed by atoms with Crippen molar-refractivity contribution in [1.29, 1.82) is 0 Å². The van der Waals surface area contributed by atoms with Crippen LogP contribution >= 0.6 is 22.6 Å². The van der Waals surface area contributed by atoms with E-state index in [1.807, 2.05) is 6.92 Å². The lowest BCUT2D eigenvalue weighted by Gasteiger charge is -2.25. The molecule has 1 nitrogen and oxygen atoms in total. The van der Waals surface area contributed by atoms with Gasteiger partial charge in [0.15, 0.2) is 0 Å². The first-order valence-corrected chi connectivity index (χ1v) is 5.54. The molecule has 0 aliphatic heterocycles. The second kappa shape index (κ2) is 4.42. The van der Waals surface area contributed by atoms with Gasteiger partial charge in [-0.15, -0.1) is 0 Å². The van der Waals surface area contributed by atoms with E-state index in [0.717, 1.165) is 6.61 Å². The average molecular weight is 290 g/mol. The summed E-state index contributed by atoms with van der Waals surface area (Å²) in [5.74, 6) is 0. The highest BCUT2D eigenvalue weighted by molar-refractivity contribution is 14.1. The number of hydrogen-bond donors (Lipinski definition) is 0. The molecule has 0 bridgehead atoms. The van der Waals surface area contributed by atoms with Crippen LogP contribution in [0.3, 0.4) is 0 Å². The molecule has 2 heteroatoms. The summed E-state index contributed by atoms with van der Waals surface area (Å²) in [5, 5.41) is 0. The summed E-state index contributed by atoms with van der Waals surface area (Å²) in [6.45, 7) is 6.96. The van der Waals surface area contributed by atoms with Crippen LogP contribution in [0.25, 0.3) is 0 Å². The Kier molecular flexibility index (Phi) is 3.74. The Labute approximate surface area is 93.6 Å². The maximum atomic E-state index is 5.65. The van der Waals surface area contributed by atoms with Crippen LogP contribution in [0.15, 0.2) is 24.3 Å². The highest BCUT2D eigenvalue weighted by Crippen LogP contribution is 2.24. The van der Waals surface area contributed by atoms with Gasteiger partial charge in [-0.2, -0.15) is 0 Å². The molecule has 1 rings (SSSR count). The fraction of sp³-hybridized carbons (Fsp3) is 0.455. The van der Waals surface area contributed by atoms with Crippen molar-refractivity contribution in [3.05, 3.63) is 33.4 Å². The number of hydrogen-bond acceptors (Lipinski definition) is 1. The van der Waals surface area contributed by atoms with Crippen molar-refractivity contribution < 1.29 is 4.74 Å². The Balaban J connectivity index is 2.87. The summed E-state index contributed by atoms with van der Waals surface area (Å²) in [4.78, 5) is 0. The molecule has 0 saturated heterocycles. The van der Waals surface area contributed by atoms with Crippen LogP contribution in [0.2, 0.25) is 0 Å². The largest absolute Gasteiger partial charge is 0.371 e. The van der Waals surface area contributed by atoms with Crippen molar-refractivity contribution in [3.63, 3.8) is 0 Å². The second-order valence-electron chi connectivity index (χ2n) is 3.45. The monoisotopic (exact) mass is 290 g/mol. The van der Waals surface area contributed by atoms with E-state index in [1.54, 1.807) is 0 Å². The van der Waals surface area contributed by atoms with E-state index in [2.05, 4.69) is 60.7 Å². The third-order valence-electron chi connectivity index (χ3n) is 2.04. The van der Waals surface area contributed by atoms with E-state index in [-0.39, 0.29) is 5.60 Å².